The van der Waals surface area contributed by atoms with Crippen LogP contribution in [-0.4, -0.2) is 31.9 Å². The van der Waals surface area contributed by atoms with Crippen LogP contribution in [0.2, 0.25) is 0 Å². The van der Waals surface area contributed by atoms with Gasteiger partial charge in [-0.25, -0.2) is 4.68 Å². The number of carbonyl (C=O) groups excluding carboxylic acids is 1. The van der Waals surface area contributed by atoms with Crippen LogP contribution >= 0.6 is 11.8 Å². The highest BCUT2D eigenvalue weighted by Gasteiger charge is 2.12. The second kappa shape index (κ2) is 7.93. The van der Waals surface area contributed by atoms with Crippen molar-refractivity contribution in [3.05, 3.63) is 29.8 Å². The number of carbonyl (C=O) groups is 1. The Balaban J connectivity index is 1.92. The van der Waals surface area contributed by atoms with Crippen LogP contribution in [0.5, 0.6) is 0 Å². The Morgan fingerprint density at radius 2 is 2.14 bits per heavy atom. The van der Waals surface area contributed by atoms with Gasteiger partial charge >= 0.3 is 0 Å². The number of hydrogen-bond acceptors (Lipinski definition) is 5. The first-order chi connectivity index (χ1) is 10.6. The molecule has 7 heteroatoms. The van der Waals surface area contributed by atoms with E-state index in [9.17, 15) is 4.79 Å². The van der Waals surface area contributed by atoms with Gasteiger partial charge in [-0.3, -0.25) is 4.79 Å². The van der Waals surface area contributed by atoms with E-state index in [1.165, 1.54) is 11.8 Å². The Morgan fingerprint density at radius 3 is 2.86 bits per heavy atom. The van der Waals surface area contributed by atoms with Gasteiger partial charge in [0.1, 0.15) is 0 Å². The monoisotopic (exact) mass is 319 g/mol. The molecule has 0 aliphatic rings. The number of tetrazole rings is 1. The SMILES string of the molecule is CCc1ccccc1NC(=O)CSc1nnnn1CC(C)C. The van der Waals surface area contributed by atoms with E-state index in [0.717, 1.165) is 24.2 Å². The molecule has 0 saturated carbocycles. The minimum Gasteiger partial charge on any atom is -0.325 e. The Kier molecular flexibility index (Phi) is 5.94. The molecule has 0 unspecified atom stereocenters. The predicted molar refractivity (Wildman–Crippen MR) is 87.8 cm³/mol. The Hall–Kier alpha value is -1.89. The summed E-state index contributed by atoms with van der Waals surface area (Å²) >= 11 is 1.35. The van der Waals surface area contributed by atoms with E-state index in [2.05, 4.69) is 41.6 Å². The van der Waals surface area contributed by atoms with Crippen molar-refractivity contribution < 1.29 is 4.79 Å². The number of rotatable bonds is 7. The van der Waals surface area contributed by atoms with Crippen molar-refractivity contribution in [3.63, 3.8) is 0 Å². The first kappa shape index (κ1) is 16.5. The van der Waals surface area contributed by atoms with E-state index in [-0.39, 0.29) is 11.7 Å². The summed E-state index contributed by atoms with van der Waals surface area (Å²) in [5.41, 5.74) is 2.00. The third kappa shape index (κ3) is 4.56. The van der Waals surface area contributed by atoms with E-state index < -0.39 is 0 Å². The number of aromatic nitrogens is 4. The largest absolute Gasteiger partial charge is 0.325 e. The molecular formula is C15H21N5OS. The Labute approximate surface area is 134 Å². The van der Waals surface area contributed by atoms with Crippen molar-refractivity contribution >= 4 is 23.4 Å². The van der Waals surface area contributed by atoms with E-state index in [1.807, 2.05) is 24.3 Å². The summed E-state index contributed by atoms with van der Waals surface area (Å²) in [5.74, 6) is 0.689. The zero-order valence-electron chi connectivity index (χ0n) is 13.1. The minimum absolute atomic E-state index is 0.0509. The summed E-state index contributed by atoms with van der Waals surface area (Å²) < 4.78 is 1.74. The molecule has 1 heterocycles. The van der Waals surface area contributed by atoms with Gasteiger partial charge in [0.05, 0.1) is 5.75 Å². The number of thioether (sulfide) groups is 1. The predicted octanol–water partition coefficient (Wildman–Crippen LogP) is 2.62. The fraction of sp³-hybridized carbons (Fsp3) is 0.467. The maximum Gasteiger partial charge on any atom is 0.234 e. The number of benzene rings is 1. The number of hydrogen-bond donors (Lipinski definition) is 1. The summed E-state index contributed by atoms with van der Waals surface area (Å²) in [6.45, 7) is 7.02. The number of anilines is 1. The highest BCUT2D eigenvalue weighted by atomic mass is 32.2. The van der Waals surface area contributed by atoms with Gasteiger partial charge in [0.2, 0.25) is 11.1 Å². The zero-order valence-corrected chi connectivity index (χ0v) is 13.9. The van der Waals surface area contributed by atoms with Gasteiger partial charge in [0.25, 0.3) is 0 Å². The van der Waals surface area contributed by atoms with Gasteiger partial charge in [-0.2, -0.15) is 0 Å². The van der Waals surface area contributed by atoms with Gasteiger partial charge < -0.3 is 5.32 Å². The Morgan fingerprint density at radius 1 is 1.36 bits per heavy atom. The lowest BCUT2D eigenvalue weighted by atomic mass is 10.1. The van der Waals surface area contributed by atoms with E-state index in [1.54, 1.807) is 4.68 Å². The number of amides is 1. The molecule has 22 heavy (non-hydrogen) atoms. The third-order valence-electron chi connectivity index (χ3n) is 3.04. The average Bonchev–Trinajstić information content (AvgIpc) is 2.92. The molecule has 0 spiro atoms. The van der Waals surface area contributed by atoms with Gasteiger partial charge in [-0.1, -0.05) is 50.7 Å². The topological polar surface area (TPSA) is 72.7 Å². The van der Waals surface area contributed by atoms with Crippen molar-refractivity contribution in [2.24, 2.45) is 5.92 Å². The zero-order chi connectivity index (χ0) is 15.9. The highest BCUT2D eigenvalue weighted by Crippen LogP contribution is 2.18. The summed E-state index contributed by atoms with van der Waals surface area (Å²) in [6, 6.07) is 7.84. The summed E-state index contributed by atoms with van der Waals surface area (Å²) in [4.78, 5) is 12.1. The molecule has 0 atom stereocenters. The van der Waals surface area contributed by atoms with Crippen LogP contribution in [0.25, 0.3) is 0 Å². The van der Waals surface area contributed by atoms with Crippen LogP contribution in [0.15, 0.2) is 29.4 Å². The van der Waals surface area contributed by atoms with Crippen molar-refractivity contribution in [2.75, 3.05) is 11.1 Å². The molecule has 0 radical (unpaired) electrons. The maximum absolute atomic E-state index is 12.1. The van der Waals surface area contributed by atoms with Crippen molar-refractivity contribution in [1.29, 1.82) is 0 Å². The number of nitrogens with one attached hydrogen (secondary N) is 1. The summed E-state index contributed by atoms with van der Waals surface area (Å²) in [7, 11) is 0. The Bertz CT molecular complexity index is 626. The number of nitrogens with zero attached hydrogens (tertiary/aromatic N) is 4. The standard InChI is InChI=1S/C15H21N5OS/c1-4-12-7-5-6-8-13(12)16-14(21)10-22-15-17-18-19-20(15)9-11(2)3/h5-8,11H,4,9-10H2,1-3H3,(H,16,21). The summed E-state index contributed by atoms with van der Waals surface area (Å²) in [6.07, 6.45) is 0.885. The second-order valence-electron chi connectivity index (χ2n) is 5.38. The molecule has 1 amide bonds. The second-order valence-corrected chi connectivity index (χ2v) is 6.33. The van der Waals surface area contributed by atoms with Crippen LogP contribution in [-0.2, 0) is 17.8 Å². The normalized spacial score (nSPS) is 10.9. The van der Waals surface area contributed by atoms with Crippen LogP contribution in [0.3, 0.4) is 0 Å². The van der Waals surface area contributed by atoms with Crippen molar-refractivity contribution in [2.45, 2.75) is 38.9 Å². The molecule has 0 aliphatic carbocycles. The van der Waals surface area contributed by atoms with Gasteiger partial charge in [-0.15, -0.1) is 5.10 Å². The average molecular weight is 319 g/mol. The van der Waals surface area contributed by atoms with Crippen LogP contribution in [0.1, 0.15) is 26.3 Å². The summed E-state index contributed by atoms with van der Waals surface area (Å²) in [5, 5.41) is 15.2. The smallest absolute Gasteiger partial charge is 0.234 e. The molecule has 0 saturated heterocycles. The molecular weight excluding hydrogens is 298 g/mol. The molecule has 0 fully saturated rings. The van der Waals surface area contributed by atoms with Gasteiger partial charge in [0, 0.05) is 12.2 Å². The molecule has 0 bridgehead atoms. The molecule has 2 aromatic rings. The van der Waals surface area contributed by atoms with Crippen LogP contribution < -0.4 is 5.32 Å². The van der Waals surface area contributed by atoms with E-state index >= 15 is 0 Å². The molecule has 118 valence electrons. The van der Waals surface area contributed by atoms with Gasteiger partial charge in [0.15, 0.2) is 0 Å². The first-order valence-corrected chi connectivity index (χ1v) is 8.35. The number of para-hydroxylation sites is 1. The van der Waals surface area contributed by atoms with Gasteiger partial charge in [-0.05, 0) is 34.4 Å². The fourth-order valence-corrected chi connectivity index (χ4v) is 2.71. The van der Waals surface area contributed by atoms with E-state index in [0.29, 0.717) is 11.1 Å². The maximum atomic E-state index is 12.1. The van der Waals surface area contributed by atoms with E-state index in [4.69, 9.17) is 0 Å². The highest BCUT2D eigenvalue weighted by molar-refractivity contribution is 7.99. The fourth-order valence-electron chi connectivity index (χ4n) is 2.03. The molecule has 0 aliphatic heterocycles. The third-order valence-corrected chi connectivity index (χ3v) is 4.00. The van der Waals surface area contributed by atoms with Crippen molar-refractivity contribution in [1.82, 2.24) is 20.2 Å². The molecule has 1 aromatic carbocycles. The molecule has 6 nitrogen and oxygen atoms in total. The van der Waals surface area contributed by atoms with Crippen LogP contribution in [0, 0.1) is 5.92 Å². The number of aryl methyl sites for hydroxylation is 1. The first-order valence-electron chi connectivity index (χ1n) is 7.36. The lowest BCUT2D eigenvalue weighted by Crippen LogP contribution is -2.16. The van der Waals surface area contributed by atoms with Crippen LogP contribution in [0.4, 0.5) is 5.69 Å². The lowest BCUT2D eigenvalue weighted by molar-refractivity contribution is -0.113. The minimum atomic E-state index is -0.0509. The van der Waals surface area contributed by atoms with Crippen molar-refractivity contribution in [3.8, 4) is 0 Å². The molecule has 2 rings (SSSR count). The molecule has 1 aromatic heterocycles. The lowest BCUT2D eigenvalue weighted by Gasteiger charge is -2.09. The quantitative estimate of drug-likeness (QED) is 0.794. The molecule has 1 N–H and O–H groups in total.